The van der Waals surface area contributed by atoms with Crippen LogP contribution in [0.25, 0.3) is 0 Å². The molecule has 1 aromatic carbocycles. The normalized spacial score (nSPS) is 10.2. The lowest BCUT2D eigenvalue weighted by Gasteiger charge is -2.15. The molecule has 0 atom stereocenters. The third-order valence-corrected chi connectivity index (χ3v) is 2.37. The molecule has 0 spiro atoms. The Kier molecular flexibility index (Phi) is 3.63. The maximum absolute atomic E-state index is 12.9. The van der Waals surface area contributed by atoms with Gasteiger partial charge in [-0.3, -0.25) is 4.79 Å². The monoisotopic (exact) mass is 233 g/mol. The fraction of sp³-hybridized carbons (Fsp3) is 0.300. The zero-order valence-electron chi connectivity index (χ0n) is 8.35. The first-order valence-electron chi connectivity index (χ1n) is 4.37. The highest BCUT2D eigenvalue weighted by Crippen LogP contribution is 2.21. The highest BCUT2D eigenvalue weighted by Gasteiger charge is 2.17. The van der Waals surface area contributed by atoms with Crippen molar-refractivity contribution in [3.8, 4) is 0 Å². The number of hydrogen-bond acceptors (Lipinski definition) is 1. The number of rotatable bonds is 2. The van der Waals surface area contributed by atoms with E-state index in [1.54, 1.807) is 14.0 Å². The Bertz CT molecular complexity index is 395. The number of halogens is 3. The number of hydrogen-bond donors (Lipinski definition) is 0. The molecule has 1 amide bonds. The van der Waals surface area contributed by atoms with E-state index in [0.717, 1.165) is 12.1 Å². The van der Waals surface area contributed by atoms with E-state index in [4.69, 9.17) is 11.6 Å². The van der Waals surface area contributed by atoms with Crippen LogP contribution < -0.4 is 0 Å². The molecule has 2 nitrogen and oxygen atoms in total. The smallest absolute Gasteiger partial charge is 0.255 e. The van der Waals surface area contributed by atoms with Gasteiger partial charge in [0.1, 0.15) is 0 Å². The Morgan fingerprint density at radius 2 is 1.93 bits per heavy atom. The molecule has 0 aliphatic carbocycles. The van der Waals surface area contributed by atoms with Crippen LogP contribution in [0.4, 0.5) is 8.78 Å². The molecule has 0 fully saturated rings. The van der Waals surface area contributed by atoms with Gasteiger partial charge in [0, 0.05) is 13.6 Å². The second-order valence-corrected chi connectivity index (χ2v) is 3.47. The highest BCUT2D eigenvalue weighted by molar-refractivity contribution is 6.33. The molecule has 0 N–H and O–H groups in total. The summed E-state index contributed by atoms with van der Waals surface area (Å²) in [6.07, 6.45) is 0. The van der Waals surface area contributed by atoms with E-state index in [-0.39, 0.29) is 10.6 Å². The molecule has 15 heavy (non-hydrogen) atoms. The van der Waals surface area contributed by atoms with Gasteiger partial charge in [-0.15, -0.1) is 0 Å². The Labute approximate surface area is 91.4 Å². The third-order valence-electron chi connectivity index (χ3n) is 2.06. The van der Waals surface area contributed by atoms with Crippen molar-refractivity contribution >= 4 is 17.5 Å². The van der Waals surface area contributed by atoms with Gasteiger partial charge in [-0.25, -0.2) is 8.78 Å². The zero-order chi connectivity index (χ0) is 11.6. The molecule has 0 unspecified atom stereocenters. The van der Waals surface area contributed by atoms with Crippen LogP contribution in [0.2, 0.25) is 5.02 Å². The van der Waals surface area contributed by atoms with E-state index in [9.17, 15) is 13.6 Å². The van der Waals surface area contributed by atoms with E-state index in [2.05, 4.69) is 0 Å². The van der Waals surface area contributed by atoms with Crippen LogP contribution in [0.1, 0.15) is 17.3 Å². The highest BCUT2D eigenvalue weighted by atomic mass is 35.5. The minimum atomic E-state index is -1.08. The summed E-state index contributed by atoms with van der Waals surface area (Å²) < 4.78 is 25.6. The largest absolute Gasteiger partial charge is 0.342 e. The van der Waals surface area contributed by atoms with Crippen molar-refractivity contribution in [3.05, 3.63) is 34.4 Å². The van der Waals surface area contributed by atoms with Crippen molar-refractivity contribution in [1.29, 1.82) is 0 Å². The van der Waals surface area contributed by atoms with Crippen LogP contribution in [0.5, 0.6) is 0 Å². The third kappa shape index (κ3) is 2.45. The zero-order valence-corrected chi connectivity index (χ0v) is 9.11. The second-order valence-electron chi connectivity index (χ2n) is 3.07. The second kappa shape index (κ2) is 4.57. The Morgan fingerprint density at radius 3 is 2.47 bits per heavy atom. The van der Waals surface area contributed by atoms with E-state index >= 15 is 0 Å². The van der Waals surface area contributed by atoms with Gasteiger partial charge in [0.15, 0.2) is 11.6 Å². The molecule has 1 rings (SSSR count). The number of amides is 1. The van der Waals surface area contributed by atoms with Crippen LogP contribution >= 0.6 is 11.6 Å². The van der Waals surface area contributed by atoms with Gasteiger partial charge in [0.05, 0.1) is 10.6 Å². The Balaban J connectivity index is 3.15. The minimum Gasteiger partial charge on any atom is -0.342 e. The quantitative estimate of drug-likeness (QED) is 0.720. The first-order chi connectivity index (χ1) is 6.97. The number of nitrogens with zero attached hydrogens (tertiary/aromatic N) is 1. The van der Waals surface area contributed by atoms with E-state index in [1.165, 1.54) is 4.90 Å². The lowest BCUT2D eigenvalue weighted by molar-refractivity contribution is 0.0802. The summed E-state index contributed by atoms with van der Waals surface area (Å²) in [6.45, 7) is 2.24. The molecular formula is C10H10ClF2NO. The van der Waals surface area contributed by atoms with Crippen molar-refractivity contribution in [2.45, 2.75) is 6.92 Å². The molecule has 0 aliphatic heterocycles. The van der Waals surface area contributed by atoms with Gasteiger partial charge in [-0.2, -0.15) is 0 Å². The van der Waals surface area contributed by atoms with Crippen LogP contribution in [-0.4, -0.2) is 24.4 Å². The summed E-state index contributed by atoms with van der Waals surface area (Å²) in [4.78, 5) is 13.0. The Morgan fingerprint density at radius 1 is 1.40 bits per heavy atom. The number of carbonyl (C=O) groups is 1. The average molecular weight is 234 g/mol. The van der Waals surface area contributed by atoms with Gasteiger partial charge in [-0.1, -0.05) is 11.6 Å². The fourth-order valence-corrected chi connectivity index (χ4v) is 1.27. The topological polar surface area (TPSA) is 20.3 Å². The van der Waals surface area contributed by atoms with Crippen LogP contribution in [0.15, 0.2) is 12.1 Å². The van der Waals surface area contributed by atoms with Crippen molar-refractivity contribution < 1.29 is 13.6 Å². The standard InChI is InChI=1S/C10H10ClF2NO/c1-3-14(2)10(15)6-4-8(12)9(13)5-7(6)11/h4-5H,3H2,1-2H3. The summed E-state index contributed by atoms with van der Waals surface area (Å²) in [5, 5.41) is -0.0841. The molecule has 82 valence electrons. The molecule has 5 heteroatoms. The SMILES string of the molecule is CCN(C)C(=O)c1cc(F)c(F)cc1Cl. The van der Waals surface area contributed by atoms with Gasteiger partial charge in [-0.05, 0) is 19.1 Å². The van der Waals surface area contributed by atoms with Crippen LogP contribution in [-0.2, 0) is 0 Å². The van der Waals surface area contributed by atoms with Gasteiger partial charge in [0.25, 0.3) is 5.91 Å². The molecule has 0 saturated heterocycles. The lowest BCUT2D eigenvalue weighted by Crippen LogP contribution is -2.26. The van der Waals surface area contributed by atoms with E-state index in [1.807, 2.05) is 0 Å². The molecule has 0 bridgehead atoms. The molecular weight excluding hydrogens is 224 g/mol. The maximum atomic E-state index is 12.9. The molecule has 0 aliphatic rings. The first-order valence-corrected chi connectivity index (χ1v) is 4.75. The summed E-state index contributed by atoms with van der Waals surface area (Å²) in [5.74, 6) is -2.57. The lowest BCUT2D eigenvalue weighted by atomic mass is 10.2. The van der Waals surface area contributed by atoms with Crippen molar-refractivity contribution in [2.75, 3.05) is 13.6 Å². The van der Waals surface area contributed by atoms with Crippen molar-refractivity contribution in [3.63, 3.8) is 0 Å². The molecule has 0 saturated carbocycles. The number of benzene rings is 1. The summed E-state index contributed by atoms with van der Waals surface area (Å²) in [5.41, 5.74) is -0.0279. The average Bonchev–Trinajstić information content (AvgIpc) is 2.21. The van der Waals surface area contributed by atoms with Crippen LogP contribution in [0, 0.1) is 11.6 Å². The maximum Gasteiger partial charge on any atom is 0.255 e. The van der Waals surface area contributed by atoms with Crippen LogP contribution in [0.3, 0.4) is 0 Å². The van der Waals surface area contributed by atoms with Crippen molar-refractivity contribution in [1.82, 2.24) is 4.90 Å². The molecule has 0 aromatic heterocycles. The minimum absolute atomic E-state index is 0.0279. The summed E-state index contributed by atoms with van der Waals surface area (Å²) in [6, 6.07) is 1.61. The molecule has 1 aromatic rings. The van der Waals surface area contributed by atoms with Gasteiger partial charge in [0.2, 0.25) is 0 Å². The van der Waals surface area contributed by atoms with Gasteiger partial charge >= 0.3 is 0 Å². The molecule has 0 radical (unpaired) electrons. The first kappa shape index (κ1) is 11.9. The Hall–Kier alpha value is -1.16. The van der Waals surface area contributed by atoms with E-state index < -0.39 is 17.5 Å². The number of carbonyl (C=O) groups excluding carboxylic acids is 1. The predicted octanol–water partition coefficient (Wildman–Crippen LogP) is 2.71. The van der Waals surface area contributed by atoms with Gasteiger partial charge < -0.3 is 4.90 Å². The van der Waals surface area contributed by atoms with Crippen molar-refractivity contribution in [2.24, 2.45) is 0 Å². The molecule has 0 heterocycles. The predicted molar refractivity (Wildman–Crippen MR) is 54.0 cm³/mol. The van der Waals surface area contributed by atoms with E-state index in [0.29, 0.717) is 6.54 Å². The summed E-state index contributed by atoms with van der Waals surface area (Å²) >= 11 is 5.64. The summed E-state index contributed by atoms with van der Waals surface area (Å²) in [7, 11) is 1.56. The fourth-order valence-electron chi connectivity index (χ4n) is 1.04.